The molecule has 0 saturated carbocycles. The van der Waals surface area contributed by atoms with Crippen LogP contribution < -0.4 is 0 Å². The first-order valence-electron chi connectivity index (χ1n) is 10.9. The molecule has 30 heavy (non-hydrogen) atoms. The lowest BCUT2D eigenvalue weighted by atomic mass is 10.3. The van der Waals surface area contributed by atoms with Crippen LogP contribution in [0.5, 0.6) is 0 Å². The van der Waals surface area contributed by atoms with Crippen LogP contribution in [-0.4, -0.2) is 69.0 Å². The smallest absolute Gasteiger partial charge is 0.0945 e. The normalized spacial score (nSPS) is 10.6. The second-order valence-corrected chi connectivity index (χ2v) is 6.39. The van der Waals surface area contributed by atoms with Gasteiger partial charge in [0.05, 0.1) is 38.6 Å². The number of rotatable bonds is 11. The Kier molecular flexibility index (Phi) is 25.7. The minimum atomic E-state index is -0.509. The van der Waals surface area contributed by atoms with Crippen LogP contribution in [0.15, 0.2) is 37.4 Å². The van der Waals surface area contributed by atoms with Gasteiger partial charge in [-0.05, 0) is 26.2 Å². The Balaban J connectivity index is 0. The summed E-state index contributed by atoms with van der Waals surface area (Å²) in [6.45, 7) is 12.4. The topological polar surface area (TPSA) is 94.6 Å². The molecule has 2 aromatic heterocycles. The summed E-state index contributed by atoms with van der Waals surface area (Å²) in [5.74, 6) is 0. The van der Waals surface area contributed by atoms with Gasteiger partial charge in [-0.3, -0.25) is 0 Å². The maximum Gasteiger partial charge on any atom is 0.0945 e. The van der Waals surface area contributed by atoms with E-state index in [1.165, 1.54) is 19.3 Å². The summed E-state index contributed by atoms with van der Waals surface area (Å²) >= 11 is 0. The Morgan fingerprint density at radius 3 is 1.83 bits per heavy atom. The molecular weight excluding hydrogens is 384 g/mol. The van der Waals surface area contributed by atoms with Gasteiger partial charge in [0.25, 0.3) is 0 Å². The Bertz CT molecular complexity index is 499. The Morgan fingerprint density at radius 1 is 0.900 bits per heavy atom. The Morgan fingerprint density at radius 2 is 1.50 bits per heavy atom. The fourth-order valence-corrected chi connectivity index (χ4v) is 1.85. The van der Waals surface area contributed by atoms with Crippen molar-refractivity contribution < 1.29 is 19.7 Å². The first-order valence-corrected chi connectivity index (χ1v) is 10.9. The Hall–Kier alpha value is -1.74. The summed E-state index contributed by atoms with van der Waals surface area (Å²) in [5.41, 5.74) is 0. The third kappa shape index (κ3) is 22.5. The molecule has 1 atom stereocenters. The van der Waals surface area contributed by atoms with E-state index in [9.17, 15) is 0 Å². The fourth-order valence-electron chi connectivity index (χ4n) is 1.85. The van der Waals surface area contributed by atoms with Gasteiger partial charge in [0, 0.05) is 51.6 Å². The van der Waals surface area contributed by atoms with Gasteiger partial charge in [-0.2, -0.15) is 0 Å². The van der Waals surface area contributed by atoms with E-state index >= 15 is 0 Å². The number of imidazole rings is 2. The van der Waals surface area contributed by atoms with Gasteiger partial charge in [-0.25, -0.2) is 9.97 Å². The Labute approximate surface area is 182 Å². The predicted molar refractivity (Wildman–Crippen MR) is 121 cm³/mol. The molecule has 2 aromatic rings. The largest absolute Gasteiger partial charge is 0.394 e. The molecule has 0 fully saturated rings. The van der Waals surface area contributed by atoms with Crippen molar-refractivity contribution >= 4 is 0 Å². The van der Waals surface area contributed by atoms with Crippen molar-refractivity contribution in [2.45, 2.75) is 72.6 Å². The molecule has 0 amide bonds. The zero-order chi connectivity index (χ0) is 22.9. The SMILES string of the molecule is CCC(O)CO.CCCCn1ccnc1.CCCn1ccnc1.CCOCCOC. The maximum absolute atomic E-state index is 8.42. The summed E-state index contributed by atoms with van der Waals surface area (Å²) in [4.78, 5) is 7.84. The molecule has 0 saturated heterocycles. The summed E-state index contributed by atoms with van der Waals surface area (Å²) in [6.07, 6.45) is 15.1. The maximum atomic E-state index is 8.42. The zero-order valence-corrected chi connectivity index (χ0v) is 19.6. The minimum Gasteiger partial charge on any atom is -0.394 e. The van der Waals surface area contributed by atoms with Crippen molar-refractivity contribution in [2.75, 3.05) is 33.5 Å². The summed E-state index contributed by atoms with van der Waals surface area (Å²) in [6, 6.07) is 0. The van der Waals surface area contributed by atoms with Crippen LogP contribution in [0, 0.1) is 0 Å². The van der Waals surface area contributed by atoms with Crippen LogP contribution >= 0.6 is 0 Å². The molecule has 0 bridgehead atoms. The van der Waals surface area contributed by atoms with Crippen molar-refractivity contribution in [3.63, 3.8) is 0 Å². The molecule has 0 aliphatic heterocycles. The van der Waals surface area contributed by atoms with Gasteiger partial charge < -0.3 is 28.8 Å². The quantitative estimate of drug-likeness (QED) is 0.533. The molecule has 0 aliphatic rings. The third-order valence-corrected chi connectivity index (χ3v) is 3.69. The van der Waals surface area contributed by atoms with Crippen molar-refractivity contribution in [1.82, 2.24) is 19.1 Å². The number of hydrogen-bond donors (Lipinski definition) is 2. The predicted octanol–water partition coefficient (Wildman–Crippen LogP) is 3.40. The highest BCUT2D eigenvalue weighted by molar-refractivity contribution is 4.73. The number of aromatic nitrogens is 4. The highest BCUT2D eigenvalue weighted by Gasteiger charge is 1.92. The van der Waals surface area contributed by atoms with Crippen molar-refractivity contribution in [3.05, 3.63) is 37.4 Å². The first kappa shape index (κ1) is 30.5. The summed E-state index contributed by atoms with van der Waals surface area (Å²) < 4.78 is 13.8. The van der Waals surface area contributed by atoms with Gasteiger partial charge >= 0.3 is 0 Å². The van der Waals surface area contributed by atoms with Gasteiger partial charge in [-0.15, -0.1) is 0 Å². The molecule has 2 heterocycles. The molecule has 0 aromatic carbocycles. The van der Waals surface area contributed by atoms with Crippen LogP contribution in [0.1, 0.15) is 53.4 Å². The van der Waals surface area contributed by atoms with Gasteiger partial charge in [-0.1, -0.05) is 27.2 Å². The van der Waals surface area contributed by atoms with Crippen molar-refractivity contribution in [2.24, 2.45) is 0 Å². The first-order chi connectivity index (χ1) is 14.6. The molecule has 2 N–H and O–H groups in total. The molecule has 0 spiro atoms. The molecule has 0 radical (unpaired) electrons. The summed E-state index contributed by atoms with van der Waals surface area (Å²) in [7, 11) is 1.67. The molecule has 176 valence electrons. The van der Waals surface area contributed by atoms with Crippen molar-refractivity contribution in [3.8, 4) is 0 Å². The number of nitrogens with zero attached hydrogens (tertiary/aromatic N) is 4. The van der Waals surface area contributed by atoms with Crippen LogP contribution in [0.2, 0.25) is 0 Å². The van der Waals surface area contributed by atoms with E-state index in [0.717, 1.165) is 19.7 Å². The zero-order valence-electron chi connectivity index (χ0n) is 19.6. The van der Waals surface area contributed by atoms with Gasteiger partial charge in [0.2, 0.25) is 0 Å². The van der Waals surface area contributed by atoms with E-state index in [2.05, 4.69) is 32.9 Å². The summed E-state index contributed by atoms with van der Waals surface area (Å²) in [5, 5.41) is 16.5. The number of ether oxygens (including phenoxy) is 2. The number of methoxy groups -OCH3 is 1. The molecule has 8 nitrogen and oxygen atoms in total. The standard InChI is InChI=1S/C7H12N2.C6H10N2.C5H12O2.C4H10O2/c1-2-3-5-9-6-4-8-7-9;1-2-4-8-5-3-7-6-8;1-3-7-5-4-6-2;1-2-4(6)3-5/h4,6-7H,2-3,5H2,1H3;3,5-6H,2,4H2,1H3;3-5H2,1-2H3;4-6H,2-3H2,1H3. The van der Waals surface area contributed by atoms with Crippen LogP contribution in [0.4, 0.5) is 0 Å². The molecule has 0 aliphatic carbocycles. The minimum absolute atomic E-state index is 0.115. The third-order valence-electron chi connectivity index (χ3n) is 3.69. The lowest BCUT2D eigenvalue weighted by molar-refractivity contribution is 0.0777. The van der Waals surface area contributed by atoms with Crippen molar-refractivity contribution in [1.29, 1.82) is 0 Å². The number of aliphatic hydroxyl groups excluding tert-OH is 2. The van der Waals surface area contributed by atoms with E-state index < -0.39 is 6.10 Å². The highest BCUT2D eigenvalue weighted by atomic mass is 16.5. The molecule has 1 unspecified atom stereocenters. The van der Waals surface area contributed by atoms with E-state index in [1.54, 1.807) is 13.3 Å². The number of unbranched alkanes of at least 4 members (excludes halogenated alkanes) is 1. The van der Waals surface area contributed by atoms with E-state index in [1.807, 2.05) is 45.1 Å². The second kappa shape index (κ2) is 25.3. The van der Waals surface area contributed by atoms with Crippen LogP contribution in [0.3, 0.4) is 0 Å². The van der Waals surface area contributed by atoms with Gasteiger partial charge in [0.15, 0.2) is 0 Å². The van der Waals surface area contributed by atoms with E-state index in [0.29, 0.717) is 19.6 Å². The van der Waals surface area contributed by atoms with Gasteiger partial charge in [0.1, 0.15) is 0 Å². The van der Waals surface area contributed by atoms with E-state index in [-0.39, 0.29) is 6.61 Å². The van der Waals surface area contributed by atoms with E-state index in [4.69, 9.17) is 19.7 Å². The van der Waals surface area contributed by atoms with Crippen LogP contribution in [-0.2, 0) is 22.6 Å². The van der Waals surface area contributed by atoms with Crippen LogP contribution in [0.25, 0.3) is 0 Å². The average molecular weight is 429 g/mol. The second-order valence-electron chi connectivity index (χ2n) is 6.39. The average Bonchev–Trinajstić information content (AvgIpc) is 3.48. The molecular formula is C22H44N4O4. The number of aliphatic hydroxyl groups is 2. The number of hydrogen-bond acceptors (Lipinski definition) is 6. The molecule has 8 heteroatoms. The monoisotopic (exact) mass is 428 g/mol. The highest BCUT2D eigenvalue weighted by Crippen LogP contribution is 1.92. The molecule has 2 rings (SSSR count). The number of aryl methyl sites for hydroxylation is 2. The lowest BCUT2D eigenvalue weighted by Gasteiger charge is -1.97. The lowest BCUT2D eigenvalue weighted by Crippen LogP contribution is -2.08. The fraction of sp³-hybridized carbons (Fsp3) is 0.727.